The van der Waals surface area contributed by atoms with Crippen molar-refractivity contribution >= 4 is 22.3 Å². The van der Waals surface area contributed by atoms with E-state index < -0.39 is 0 Å². The molecule has 0 unspecified atom stereocenters. The second kappa shape index (κ2) is 5.17. The molecule has 2 N–H and O–H groups in total. The summed E-state index contributed by atoms with van der Waals surface area (Å²) in [7, 11) is 0. The van der Waals surface area contributed by atoms with Crippen molar-refractivity contribution in [2.75, 3.05) is 0 Å². The van der Waals surface area contributed by atoms with Crippen LogP contribution in [0.15, 0.2) is 71.7 Å². The Morgan fingerprint density at radius 2 is 1.55 bits per heavy atom. The molecule has 0 aliphatic rings. The van der Waals surface area contributed by atoms with E-state index in [1.165, 1.54) is 16.3 Å². The molecular weight excluding hydrogens is 244 g/mol. The third-order valence-corrected chi connectivity index (χ3v) is 3.33. The molecule has 0 heterocycles. The number of aryl methyl sites for hydroxylation is 1. The van der Waals surface area contributed by atoms with Gasteiger partial charge in [0.25, 0.3) is 0 Å². The fourth-order valence-corrected chi connectivity index (χ4v) is 2.17. The zero-order valence-electron chi connectivity index (χ0n) is 11.4. The third-order valence-electron chi connectivity index (χ3n) is 3.33. The summed E-state index contributed by atoms with van der Waals surface area (Å²) in [5.41, 5.74) is 9.11. The smallest absolute Gasteiger partial charge is 0.131 e. The van der Waals surface area contributed by atoms with E-state index in [-0.39, 0.29) is 0 Å². The first-order valence-electron chi connectivity index (χ1n) is 6.62. The van der Waals surface area contributed by atoms with Gasteiger partial charge in [-0.15, -0.1) is 0 Å². The van der Waals surface area contributed by atoms with Crippen molar-refractivity contribution in [3.8, 4) is 0 Å². The van der Waals surface area contributed by atoms with Gasteiger partial charge >= 0.3 is 0 Å². The number of benzene rings is 3. The molecule has 2 heteroatoms. The molecule has 20 heavy (non-hydrogen) atoms. The van der Waals surface area contributed by atoms with Crippen LogP contribution < -0.4 is 5.73 Å². The molecule has 0 aliphatic carbocycles. The molecule has 3 aromatic rings. The molecule has 2 nitrogen and oxygen atoms in total. The average molecular weight is 260 g/mol. The van der Waals surface area contributed by atoms with Gasteiger partial charge < -0.3 is 5.73 Å². The predicted molar refractivity (Wildman–Crippen MR) is 85.5 cm³/mol. The van der Waals surface area contributed by atoms with Gasteiger partial charge in [-0.1, -0.05) is 60.2 Å². The van der Waals surface area contributed by atoms with E-state index in [9.17, 15) is 0 Å². The van der Waals surface area contributed by atoms with E-state index in [4.69, 9.17) is 5.73 Å². The average Bonchev–Trinajstić information content (AvgIpc) is 2.48. The molecule has 3 aromatic carbocycles. The molecule has 0 saturated heterocycles. The first-order valence-corrected chi connectivity index (χ1v) is 6.62. The van der Waals surface area contributed by atoms with E-state index in [2.05, 4.69) is 36.2 Å². The quantitative estimate of drug-likeness (QED) is 0.544. The molecular formula is C18H16N2. The number of amidine groups is 1. The molecule has 0 aromatic heterocycles. The second-order valence-corrected chi connectivity index (χ2v) is 4.89. The number of fused-ring (bicyclic) bond motifs is 1. The van der Waals surface area contributed by atoms with E-state index in [0.29, 0.717) is 5.84 Å². The van der Waals surface area contributed by atoms with Crippen LogP contribution in [0.1, 0.15) is 11.1 Å². The summed E-state index contributed by atoms with van der Waals surface area (Å²) in [4.78, 5) is 4.50. The first-order chi connectivity index (χ1) is 9.72. The summed E-state index contributed by atoms with van der Waals surface area (Å²) in [5, 5.41) is 2.38. The van der Waals surface area contributed by atoms with Crippen LogP contribution in [-0.2, 0) is 0 Å². The molecule has 0 atom stereocenters. The predicted octanol–water partition coefficient (Wildman–Crippen LogP) is 4.19. The van der Waals surface area contributed by atoms with E-state index in [1.54, 1.807) is 0 Å². The van der Waals surface area contributed by atoms with Crippen molar-refractivity contribution in [1.29, 1.82) is 0 Å². The summed E-state index contributed by atoms with van der Waals surface area (Å²) in [6, 6.07) is 22.4. The number of hydrogen-bond acceptors (Lipinski definition) is 1. The second-order valence-electron chi connectivity index (χ2n) is 4.89. The van der Waals surface area contributed by atoms with E-state index >= 15 is 0 Å². The maximum atomic E-state index is 6.07. The van der Waals surface area contributed by atoms with Gasteiger partial charge in [-0.3, -0.25) is 0 Å². The molecule has 0 spiro atoms. The van der Waals surface area contributed by atoms with Crippen LogP contribution in [0.4, 0.5) is 5.69 Å². The molecule has 0 bridgehead atoms. The highest BCUT2D eigenvalue weighted by molar-refractivity contribution is 5.99. The van der Waals surface area contributed by atoms with Gasteiger partial charge in [-0.25, -0.2) is 4.99 Å². The van der Waals surface area contributed by atoms with Crippen molar-refractivity contribution in [3.63, 3.8) is 0 Å². The number of hydrogen-bond donors (Lipinski definition) is 1. The van der Waals surface area contributed by atoms with Crippen LogP contribution in [0.2, 0.25) is 0 Å². The summed E-state index contributed by atoms with van der Waals surface area (Å²) >= 11 is 0. The normalized spacial score (nSPS) is 11.8. The molecule has 98 valence electrons. The van der Waals surface area contributed by atoms with Crippen LogP contribution in [0.5, 0.6) is 0 Å². The largest absolute Gasteiger partial charge is 0.383 e. The van der Waals surface area contributed by atoms with Gasteiger partial charge in [-0.05, 0) is 29.8 Å². The van der Waals surface area contributed by atoms with Crippen LogP contribution >= 0.6 is 0 Å². The molecule has 0 saturated carbocycles. The monoisotopic (exact) mass is 260 g/mol. The van der Waals surface area contributed by atoms with Gasteiger partial charge in [0.2, 0.25) is 0 Å². The van der Waals surface area contributed by atoms with Crippen LogP contribution in [-0.4, -0.2) is 5.84 Å². The maximum Gasteiger partial charge on any atom is 0.131 e. The maximum absolute atomic E-state index is 6.07. The van der Waals surface area contributed by atoms with Gasteiger partial charge in [0, 0.05) is 5.56 Å². The zero-order valence-corrected chi connectivity index (χ0v) is 11.4. The van der Waals surface area contributed by atoms with Crippen molar-refractivity contribution in [1.82, 2.24) is 0 Å². The zero-order chi connectivity index (χ0) is 13.9. The Kier molecular flexibility index (Phi) is 3.21. The van der Waals surface area contributed by atoms with Gasteiger partial charge in [0.05, 0.1) is 5.69 Å². The summed E-state index contributed by atoms with van der Waals surface area (Å²) in [6.45, 7) is 2.06. The lowest BCUT2D eigenvalue weighted by molar-refractivity contribution is 1.42. The van der Waals surface area contributed by atoms with Gasteiger partial charge in [-0.2, -0.15) is 0 Å². The molecule has 0 fully saturated rings. The minimum Gasteiger partial charge on any atom is -0.383 e. The Hall–Kier alpha value is -2.61. The van der Waals surface area contributed by atoms with Crippen molar-refractivity contribution < 1.29 is 0 Å². The third kappa shape index (κ3) is 2.54. The fraction of sp³-hybridized carbons (Fsp3) is 0.0556. The van der Waals surface area contributed by atoms with Crippen molar-refractivity contribution in [3.05, 3.63) is 77.9 Å². The lowest BCUT2D eigenvalue weighted by Gasteiger charge is -2.03. The fourth-order valence-electron chi connectivity index (χ4n) is 2.17. The van der Waals surface area contributed by atoms with E-state index in [1.807, 2.05) is 42.5 Å². The lowest BCUT2D eigenvalue weighted by atomic mass is 10.1. The van der Waals surface area contributed by atoms with Crippen LogP contribution in [0, 0.1) is 6.92 Å². The Bertz CT molecular complexity index is 771. The summed E-state index contributed by atoms with van der Waals surface area (Å²) in [5.74, 6) is 0.542. The minimum atomic E-state index is 0.542. The Balaban J connectivity index is 1.98. The Morgan fingerprint density at radius 1 is 0.850 bits per heavy atom. The lowest BCUT2D eigenvalue weighted by Crippen LogP contribution is -2.12. The van der Waals surface area contributed by atoms with Crippen LogP contribution in [0.3, 0.4) is 0 Å². The highest BCUT2D eigenvalue weighted by Gasteiger charge is 1.99. The minimum absolute atomic E-state index is 0.542. The Morgan fingerprint density at radius 3 is 2.30 bits per heavy atom. The highest BCUT2D eigenvalue weighted by Crippen LogP contribution is 2.21. The molecule has 0 aliphatic heterocycles. The van der Waals surface area contributed by atoms with Crippen molar-refractivity contribution in [2.45, 2.75) is 6.92 Å². The number of nitrogens with two attached hydrogens (primary N) is 1. The summed E-state index contributed by atoms with van der Waals surface area (Å²) in [6.07, 6.45) is 0. The SMILES string of the molecule is Cc1ccc(C(N)=Nc2ccc3ccccc3c2)cc1. The van der Waals surface area contributed by atoms with Gasteiger partial charge in [0.15, 0.2) is 0 Å². The molecule has 0 radical (unpaired) electrons. The number of nitrogens with zero attached hydrogens (tertiary/aromatic N) is 1. The molecule has 0 amide bonds. The van der Waals surface area contributed by atoms with E-state index in [0.717, 1.165) is 11.3 Å². The van der Waals surface area contributed by atoms with Crippen LogP contribution in [0.25, 0.3) is 10.8 Å². The molecule has 3 rings (SSSR count). The van der Waals surface area contributed by atoms with Gasteiger partial charge in [0.1, 0.15) is 5.84 Å². The Labute approximate surface area is 118 Å². The topological polar surface area (TPSA) is 38.4 Å². The number of aliphatic imine (C=N–C) groups is 1. The number of rotatable bonds is 2. The summed E-state index contributed by atoms with van der Waals surface area (Å²) < 4.78 is 0. The highest BCUT2D eigenvalue weighted by atomic mass is 14.9. The van der Waals surface area contributed by atoms with Crippen molar-refractivity contribution in [2.24, 2.45) is 10.7 Å². The first kappa shape index (κ1) is 12.4. The standard InChI is InChI=1S/C18H16N2/c1-13-6-8-15(9-7-13)18(19)20-17-11-10-14-4-2-3-5-16(14)12-17/h2-12H,1H3,(H2,19,20).